The zero-order chi connectivity index (χ0) is 9.97. The molecule has 2 aromatic rings. The van der Waals surface area contributed by atoms with E-state index in [4.69, 9.17) is 5.73 Å². The van der Waals surface area contributed by atoms with Crippen LogP contribution >= 0.6 is 0 Å². The molecule has 0 aliphatic heterocycles. The molecule has 0 saturated carbocycles. The topological polar surface area (TPSA) is 55.9 Å². The summed E-state index contributed by atoms with van der Waals surface area (Å²) in [7, 11) is 1.88. The summed E-state index contributed by atoms with van der Waals surface area (Å²) in [6.45, 7) is 0. The van der Waals surface area contributed by atoms with E-state index in [2.05, 4.69) is 10.4 Å². The number of nitrogens with zero attached hydrogens (tertiary/aromatic N) is 2. The second-order valence-electron chi connectivity index (χ2n) is 3.15. The van der Waals surface area contributed by atoms with Crippen LogP contribution < -0.4 is 11.1 Å². The number of benzene rings is 1. The molecule has 1 aromatic carbocycles. The van der Waals surface area contributed by atoms with Crippen molar-refractivity contribution < 1.29 is 0 Å². The van der Waals surface area contributed by atoms with E-state index in [1.165, 1.54) is 0 Å². The van der Waals surface area contributed by atoms with Gasteiger partial charge in [-0.15, -0.1) is 0 Å². The monoisotopic (exact) mass is 188 g/mol. The number of rotatable bonds is 2. The second kappa shape index (κ2) is 3.41. The van der Waals surface area contributed by atoms with Crippen molar-refractivity contribution in [2.75, 3.05) is 11.1 Å². The van der Waals surface area contributed by atoms with Crippen LogP contribution in [-0.2, 0) is 7.05 Å². The smallest absolute Gasteiger partial charge is 0.0770 e. The zero-order valence-corrected chi connectivity index (χ0v) is 7.94. The largest absolute Gasteiger partial charge is 0.399 e. The minimum atomic E-state index is 0.765. The van der Waals surface area contributed by atoms with Crippen molar-refractivity contribution in [2.45, 2.75) is 0 Å². The summed E-state index contributed by atoms with van der Waals surface area (Å²) < 4.78 is 1.75. The molecular weight excluding hydrogens is 176 g/mol. The molecule has 0 unspecified atom stereocenters. The van der Waals surface area contributed by atoms with Gasteiger partial charge >= 0.3 is 0 Å². The van der Waals surface area contributed by atoms with Gasteiger partial charge in [0.1, 0.15) is 0 Å². The summed E-state index contributed by atoms with van der Waals surface area (Å²) in [5.41, 5.74) is 8.32. The maximum Gasteiger partial charge on any atom is 0.0770 e. The Morgan fingerprint density at radius 3 is 2.50 bits per heavy atom. The van der Waals surface area contributed by atoms with Gasteiger partial charge in [-0.3, -0.25) is 4.68 Å². The van der Waals surface area contributed by atoms with Crippen LogP contribution in [0.2, 0.25) is 0 Å². The van der Waals surface area contributed by atoms with Crippen molar-refractivity contribution in [3.8, 4) is 0 Å². The van der Waals surface area contributed by atoms with Gasteiger partial charge in [0, 0.05) is 24.6 Å². The molecule has 0 fully saturated rings. The normalized spacial score (nSPS) is 10.1. The van der Waals surface area contributed by atoms with Crippen molar-refractivity contribution in [3.05, 3.63) is 36.7 Å². The lowest BCUT2D eigenvalue weighted by atomic mass is 10.3. The van der Waals surface area contributed by atoms with Gasteiger partial charge in [0.2, 0.25) is 0 Å². The number of hydrogen-bond donors (Lipinski definition) is 2. The first-order valence-corrected chi connectivity index (χ1v) is 4.35. The Hall–Kier alpha value is -1.97. The molecule has 0 bridgehead atoms. The van der Waals surface area contributed by atoms with Crippen LogP contribution in [0.5, 0.6) is 0 Å². The standard InChI is InChI=1S/C10H12N4/c1-14-7-10(6-12-14)13-9-4-2-8(11)3-5-9/h2-7,13H,11H2,1H3. The molecule has 72 valence electrons. The summed E-state index contributed by atoms with van der Waals surface area (Å²) in [6, 6.07) is 7.59. The van der Waals surface area contributed by atoms with Crippen molar-refractivity contribution in [3.63, 3.8) is 0 Å². The highest BCUT2D eigenvalue weighted by Crippen LogP contribution is 2.16. The molecule has 2 rings (SSSR count). The highest BCUT2D eigenvalue weighted by Gasteiger charge is 1.95. The average Bonchev–Trinajstić information content (AvgIpc) is 2.56. The molecule has 3 N–H and O–H groups in total. The lowest BCUT2D eigenvalue weighted by molar-refractivity contribution is 0.768. The Bertz CT molecular complexity index is 416. The minimum Gasteiger partial charge on any atom is -0.399 e. The van der Waals surface area contributed by atoms with E-state index in [9.17, 15) is 0 Å². The minimum absolute atomic E-state index is 0.765. The van der Waals surface area contributed by atoms with Crippen LogP contribution in [-0.4, -0.2) is 9.78 Å². The second-order valence-corrected chi connectivity index (χ2v) is 3.15. The Morgan fingerprint density at radius 2 is 1.93 bits per heavy atom. The summed E-state index contributed by atoms with van der Waals surface area (Å²) in [6.07, 6.45) is 3.69. The molecule has 1 aromatic heterocycles. The lowest BCUT2D eigenvalue weighted by Gasteiger charge is -2.02. The van der Waals surface area contributed by atoms with Gasteiger partial charge < -0.3 is 11.1 Å². The van der Waals surface area contributed by atoms with Crippen LogP contribution in [0.1, 0.15) is 0 Å². The molecule has 0 atom stereocenters. The predicted molar refractivity (Wildman–Crippen MR) is 57.3 cm³/mol. The van der Waals surface area contributed by atoms with Crippen molar-refractivity contribution in [1.82, 2.24) is 9.78 Å². The van der Waals surface area contributed by atoms with Crippen molar-refractivity contribution in [1.29, 1.82) is 0 Å². The number of aromatic nitrogens is 2. The number of hydrogen-bond acceptors (Lipinski definition) is 3. The third-order valence-corrected chi connectivity index (χ3v) is 1.90. The van der Waals surface area contributed by atoms with Gasteiger partial charge in [-0.05, 0) is 24.3 Å². The van der Waals surface area contributed by atoms with E-state index < -0.39 is 0 Å². The lowest BCUT2D eigenvalue weighted by Crippen LogP contribution is -1.90. The first-order chi connectivity index (χ1) is 6.74. The quantitative estimate of drug-likeness (QED) is 0.706. The molecule has 0 aliphatic rings. The molecule has 0 saturated heterocycles. The fraction of sp³-hybridized carbons (Fsp3) is 0.100. The molecule has 14 heavy (non-hydrogen) atoms. The Morgan fingerprint density at radius 1 is 1.21 bits per heavy atom. The molecule has 4 heteroatoms. The van der Waals surface area contributed by atoms with Gasteiger partial charge in [0.05, 0.1) is 11.9 Å². The van der Waals surface area contributed by atoms with E-state index in [-0.39, 0.29) is 0 Å². The highest BCUT2D eigenvalue weighted by atomic mass is 15.3. The number of nitrogen functional groups attached to an aromatic ring is 1. The number of nitrogens with one attached hydrogen (secondary N) is 1. The third-order valence-electron chi connectivity index (χ3n) is 1.90. The summed E-state index contributed by atoms with van der Waals surface area (Å²) in [5.74, 6) is 0. The van der Waals surface area contributed by atoms with Gasteiger partial charge in [0.25, 0.3) is 0 Å². The summed E-state index contributed by atoms with van der Waals surface area (Å²) in [4.78, 5) is 0. The number of anilines is 3. The first kappa shape index (κ1) is 8.62. The fourth-order valence-electron chi connectivity index (χ4n) is 1.22. The number of aryl methyl sites for hydroxylation is 1. The Labute approximate surface area is 82.4 Å². The van der Waals surface area contributed by atoms with Crippen LogP contribution in [0.4, 0.5) is 17.1 Å². The van der Waals surface area contributed by atoms with E-state index in [1.54, 1.807) is 10.9 Å². The van der Waals surface area contributed by atoms with Crippen LogP contribution in [0.3, 0.4) is 0 Å². The van der Waals surface area contributed by atoms with Gasteiger partial charge in [0.15, 0.2) is 0 Å². The van der Waals surface area contributed by atoms with Crippen LogP contribution in [0.25, 0.3) is 0 Å². The highest BCUT2D eigenvalue weighted by molar-refractivity contribution is 5.60. The van der Waals surface area contributed by atoms with Crippen molar-refractivity contribution >= 4 is 17.1 Å². The SMILES string of the molecule is Cn1cc(Nc2ccc(N)cc2)cn1. The molecule has 0 aliphatic carbocycles. The maximum atomic E-state index is 5.58. The van der Waals surface area contributed by atoms with Crippen LogP contribution in [0, 0.1) is 0 Å². The zero-order valence-electron chi connectivity index (χ0n) is 7.94. The van der Waals surface area contributed by atoms with Gasteiger partial charge in [-0.25, -0.2) is 0 Å². The van der Waals surface area contributed by atoms with Crippen LogP contribution in [0.15, 0.2) is 36.7 Å². The predicted octanol–water partition coefficient (Wildman–Crippen LogP) is 1.75. The summed E-state index contributed by atoms with van der Waals surface area (Å²) in [5, 5.41) is 7.27. The number of nitrogens with two attached hydrogens (primary N) is 1. The molecule has 4 nitrogen and oxygen atoms in total. The fourth-order valence-corrected chi connectivity index (χ4v) is 1.22. The molecule has 0 spiro atoms. The maximum absolute atomic E-state index is 5.58. The summed E-state index contributed by atoms with van der Waals surface area (Å²) >= 11 is 0. The Kier molecular flexibility index (Phi) is 2.10. The van der Waals surface area contributed by atoms with E-state index in [0.29, 0.717) is 0 Å². The third kappa shape index (κ3) is 1.85. The molecule has 1 heterocycles. The average molecular weight is 188 g/mol. The van der Waals surface area contributed by atoms with Crippen molar-refractivity contribution in [2.24, 2.45) is 7.05 Å². The molecular formula is C10H12N4. The van der Waals surface area contributed by atoms with Gasteiger partial charge in [-0.1, -0.05) is 0 Å². The molecule has 0 amide bonds. The Balaban J connectivity index is 2.15. The van der Waals surface area contributed by atoms with Gasteiger partial charge in [-0.2, -0.15) is 5.10 Å². The first-order valence-electron chi connectivity index (χ1n) is 4.35. The molecule has 0 radical (unpaired) electrons. The van der Waals surface area contributed by atoms with E-state index in [0.717, 1.165) is 17.1 Å². The van der Waals surface area contributed by atoms with E-state index in [1.807, 2.05) is 37.5 Å². The van der Waals surface area contributed by atoms with E-state index >= 15 is 0 Å².